The van der Waals surface area contributed by atoms with Crippen LogP contribution in [-0.2, 0) is 0 Å². The molecule has 10 aromatic rings. The first-order chi connectivity index (χ1) is 21.3. The lowest BCUT2D eigenvalue weighted by Crippen LogP contribution is -1.93. The van der Waals surface area contributed by atoms with Crippen molar-refractivity contribution in [2.75, 3.05) is 0 Å². The Kier molecular flexibility index (Phi) is 4.63. The maximum absolute atomic E-state index is 5.87. The van der Waals surface area contributed by atoms with Crippen molar-refractivity contribution in [3.8, 4) is 16.8 Å². The molecule has 0 bridgehead atoms. The molecule has 200 valence electrons. The molecule has 3 aromatic heterocycles. The van der Waals surface area contributed by atoms with Crippen LogP contribution in [-0.4, -0.2) is 4.57 Å². The first kappa shape index (κ1) is 23.2. The van der Waals surface area contributed by atoms with E-state index in [-0.39, 0.29) is 0 Å². The van der Waals surface area contributed by atoms with E-state index in [2.05, 4.69) is 138 Å². The molecule has 3 heterocycles. The zero-order chi connectivity index (χ0) is 28.1. The molecule has 7 aromatic carbocycles. The SMILES string of the molecule is c1ccc(-n2c3ccccc3c3cc4c(cc32)c(-c2cccc3c2sc2ccccc23)cc2cc3occc3cc24)cc1. The number of thiophene rings is 1. The predicted molar refractivity (Wildman–Crippen MR) is 184 cm³/mol. The molecule has 0 aliphatic rings. The highest BCUT2D eigenvalue weighted by molar-refractivity contribution is 7.26. The van der Waals surface area contributed by atoms with E-state index in [1.54, 1.807) is 6.26 Å². The fourth-order valence-corrected chi connectivity index (χ4v) is 8.34. The standard InChI is InChI=1S/C40H23NOS/c1-2-9-26(10-3-1)41-36-15-6-4-11-27(36)35-22-33-31-19-24-17-18-42-38(24)21-25(31)20-32(34(33)23-37(35)41)30-14-8-13-29-28-12-5-7-16-39(28)43-40(29)30/h1-23H. The molecule has 0 saturated heterocycles. The van der Waals surface area contributed by atoms with Gasteiger partial charge in [0.1, 0.15) is 5.58 Å². The Bertz CT molecular complexity index is 2720. The number of fused-ring (bicyclic) bond motifs is 10. The van der Waals surface area contributed by atoms with Gasteiger partial charge in [-0.25, -0.2) is 0 Å². The van der Waals surface area contributed by atoms with Crippen LogP contribution in [0.3, 0.4) is 0 Å². The molecule has 0 N–H and O–H groups in total. The molecule has 0 saturated carbocycles. The largest absolute Gasteiger partial charge is 0.464 e. The molecule has 0 atom stereocenters. The summed E-state index contributed by atoms with van der Waals surface area (Å²) in [6.45, 7) is 0. The van der Waals surface area contributed by atoms with Crippen molar-refractivity contribution in [3.05, 3.63) is 140 Å². The zero-order valence-electron chi connectivity index (χ0n) is 23.0. The molecule has 0 amide bonds. The van der Waals surface area contributed by atoms with Crippen LogP contribution in [0.5, 0.6) is 0 Å². The summed E-state index contributed by atoms with van der Waals surface area (Å²) in [4.78, 5) is 0. The summed E-state index contributed by atoms with van der Waals surface area (Å²) < 4.78 is 10.9. The van der Waals surface area contributed by atoms with E-state index < -0.39 is 0 Å². The quantitative estimate of drug-likeness (QED) is 0.191. The number of para-hydroxylation sites is 2. The molecule has 0 aliphatic carbocycles. The van der Waals surface area contributed by atoms with Crippen LogP contribution < -0.4 is 0 Å². The zero-order valence-corrected chi connectivity index (χ0v) is 23.9. The van der Waals surface area contributed by atoms with E-state index >= 15 is 0 Å². The summed E-state index contributed by atoms with van der Waals surface area (Å²) in [7, 11) is 0. The Morgan fingerprint density at radius 1 is 0.465 bits per heavy atom. The van der Waals surface area contributed by atoms with Gasteiger partial charge >= 0.3 is 0 Å². The fraction of sp³-hybridized carbons (Fsp3) is 0. The summed E-state index contributed by atoms with van der Waals surface area (Å²) >= 11 is 1.88. The Morgan fingerprint density at radius 3 is 2.21 bits per heavy atom. The van der Waals surface area contributed by atoms with Crippen molar-refractivity contribution in [1.29, 1.82) is 0 Å². The molecule has 3 heteroatoms. The van der Waals surface area contributed by atoms with Gasteiger partial charge in [-0.05, 0) is 87.8 Å². The van der Waals surface area contributed by atoms with Crippen LogP contribution >= 0.6 is 11.3 Å². The van der Waals surface area contributed by atoms with Crippen molar-refractivity contribution in [1.82, 2.24) is 4.57 Å². The van der Waals surface area contributed by atoms with Gasteiger partial charge in [0.25, 0.3) is 0 Å². The second kappa shape index (κ2) is 8.57. The summed E-state index contributed by atoms with van der Waals surface area (Å²) in [5, 5.41) is 11.2. The highest BCUT2D eigenvalue weighted by atomic mass is 32.1. The molecular formula is C40H23NOS. The number of hydrogen-bond acceptors (Lipinski definition) is 2. The van der Waals surface area contributed by atoms with Crippen molar-refractivity contribution in [2.45, 2.75) is 0 Å². The summed E-state index contributed by atoms with van der Waals surface area (Å²) in [5.74, 6) is 0. The van der Waals surface area contributed by atoms with Gasteiger partial charge < -0.3 is 8.98 Å². The van der Waals surface area contributed by atoms with Crippen LogP contribution in [0.4, 0.5) is 0 Å². The highest BCUT2D eigenvalue weighted by Crippen LogP contribution is 2.46. The third kappa shape index (κ3) is 3.23. The molecule has 0 spiro atoms. The van der Waals surface area contributed by atoms with Crippen LogP contribution in [0.2, 0.25) is 0 Å². The van der Waals surface area contributed by atoms with Gasteiger partial charge in [0, 0.05) is 47.6 Å². The monoisotopic (exact) mass is 565 g/mol. The van der Waals surface area contributed by atoms with Crippen molar-refractivity contribution in [2.24, 2.45) is 0 Å². The molecule has 0 aliphatic heterocycles. The number of benzene rings is 7. The fourth-order valence-electron chi connectivity index (χ4n) is 7.11. The third-order valence-corrected chi connectivity index (χ3v) is 10.2. The normalized spacial score (nSPS) is 12.2. The third-order valence-electron chi connectivity index (χ3n) is 9.03. The highest BCUT2D eigenvalue weighted by Gasteiger charge is 2.19. The molecule has 0 fully saturated rings. The van der Waals surface area contributed by atoms with Gasteiger partial charge in [0.05, 0.1) is 17.3 Å². The number of furan rings is 1. The molecule has 10 rings (SSSR count). The molecule has 0 unspecified atom stereocenters. The minimum Gasteiger partial charge on any atom is -0.464 e. The maximum Gasteiger partial charge on any atom is 0.134 e. The molecule has 0 radical (unpaired) electrons. The molecular weight excluding hydrogens is 543 g/mol. The van der Waals surface area contributed by atoms with Gasteiger partial charge in [0.2, 0.25) is 0 Å². The minimum absolute atomic E-state index is 0.916. The number of rotatable bonds is 2. The Balaban J connectivity index is 1.42. The predicted octanol–water partition coefficient (Wildman–Crippen LogP) is 11.9. The van der Waals surface area contributed by atoms with Crippen molar-refractivity contribution in [3.63, 3.8) is 0 Å². The first-order valence-corrected chi connectivity index (χ1v) is 15.4. The van der Waals surface area contributed by atoms with E-state index in [9.17, 15) is 0 Å². The van der Waals surface area contributed by atoms with Gasteiger partial charge in [0.15, 0.2) is 0 Å². The lowest BCUT2D eigenvalue weighted by atomic mass is 9.91. The van der Waals surface area contributed by atoms with E-state index in [4.69, 9.17) is 4.42 Å². The second-order valence-electron chi connectivity index (χ2n) is 11.3. The Morgan fingerprint density at radius 2 is 1.28 bits per heavy atom. The number of nitrogens with zero attached hydrogens (tertiary/aromatic N) is 1. The smallest absolute Gasteiger partial charge is 0.134 e. The first-order valence-electron chi connectivity index (χ1n) is 14.6. The topological polar surface area (TPSA) is 18.1 Å². The van der Waals surface area contributed by atoms with Gasteiger partial charge in [-0.15, -0.1) is 11.3 Å². The summed E-state index contributed by atoms with van der Waals surface area (Å²) in [5.41, 5.74) is 7.04. The van der Waals surface area contributed by atoms with Crippen molar-refractivity contribution < 1.29 is 4.42 Å². The second-order valence-corrected chi connectivity index (χ2v) is 12.4. The average Bonchev–Trinajstić information content (AvgIpc) is 3.76. The number of aromatic nitrogens is 1. The summed E-state index contributed by atoms with van der Waals surface area (Å²) in [6, 6.07) is 48.8. The van der Waals surface area contributed by atoms with Crippen LogP contribution in [0.25, 0.3) is 91.3 Å². The van der Waals surface area contributed by atoms with E-state index in [1.807, 2.05) is 11.3 Å². The van der Waals surface area contributed by atoms with Gasteiger partial charge in [-0.2, -0.15) is 0 Å². The Hall–Kier alpha value is -5.38. The maximum atomic E-state index is 5.87. The lowest BCUT2D eigenvalue weighted by molar-refractivity contribution is 0.616. The Labute approximate surface area is 250 Å². The average molecular weight is 566 g/mol. The minimum atomic E-state index is 0.916. The molecule has 2 nitrogen and oxygen atoms in total. The van der Waals surface area contributed by atoms with E-state index in [0.717, 1.165) is 11.0 Å². The van der Waals surface area contributed by atoms with E-state index in [1.165, 1.54) is 80.3 Å². The summed E-state index contributed by atoms with van der Waals surface area (Å²) in [6.07, 6.45) is 1.79. The van der Waals surface area contributed by atoms with Gasteiger partial charge in [-0.3, -0.25) is 0 Å². The number of hydrogen-bond donors (Lipinski definition) is 0. The van der Waals surface area contributed by atoms with Crippen LogP contribution in [0.1, 0.15) is 0 Å². The lowest BCUT2D eigenvalue weighted by Gasteiger charge is -2.14. The van der Waals surface area contributed by atoms with Crippen LogP contribution in [0.15, 0.2) is 144 Å². The van der Waals surface area contributed by atoms with Crippen molar-refractivity contribution >= 4 is 85.8 Å². The van der Waals surface area contributed by atoms with E-state index in [0.29, 0.717) is 0 Å². The van der Waals surface area contributed by atoms with Crippen LogP contribution in [0, 0.1) is 0 Å². The van der Waals surface area contributed by atoms with Gasteiger partial charge in [-0.1, -0.05) is 72.8 Å². The molecule has 43 heavy (non-hydrogen) atoms.